The van der Waals surface area contributed by atoms with Crippen molar-refractivity contribution in [3.8, 4) is 11.1 Å². The van der Waals surface area contributed by atoms with E-state index in [4.69, 9.17) is 9.47 Å². The molecule has 2 fully saturated rings. The fraction of sp³-hybridized carbons (Fsp3) is 0.368. The average molecular weight is 295 g/mol. The second-order valence-electron chi connectivity index (χ2n) is 6.03. The molecule has 0 radical (unpaired) electrons. The highest BCUT2D eigenvalue weighted by Gasteiger charge is 2.31. The van der Waals surface area contributed by atoms with Gasteiger partial charge in [0, 0.05) is 13.1 Å². The Balaban J connectivity index is 1.49. The normalized spacial score (nSPS) is 25.6. The van der Waals surface area contributed by atoms with Crippen LogP contribution >= 0.6 is 0 Å². The summed E-state index contributed by atoms with van der Waals surface area (Å²) in [5, 5.41) is 0. The van der Waals surface area contributed by atoms with Gasteiger partial charge in [-0.2, -0.15) is 0 Å². The van der Waals surface area contributed by atoms with Gasteiger partial charge in [-0.1, -0.05) is 54.6 Å². The van der Waals surface area contributed by atoms with Crippen molar-refractivity contribution < 1.29 is 9.47 Å². The van der Waals surface area contributed by atoms with Gasteiger partial charge in [-0.3, -0.25) is 4.90 Å². The molecule has 0 saturated carbocycles. The highest BCUT2D eigenvalue weighted by Crippen LogP contribution is 2.28. The molecule has 1 unspecified atom stereocenters. The largest absolute Gasteiger partial charge is 0.378 e. The van der Waals surface area contributed by atoms with Crippen LogP contribution in [0, 0.1) is 0 Å². The van der Waals surface area contributed by atoms with E-state index in [2.05, 4.69) is 53.4 Å². The lowest BCUT2D eigenvalue weighted by molar-refractivity contribution is -0.117. The Hall–Kier alpha value is -1.68. The van der Waals surface area contributed by atoms with Crippen LogP contribution in [0.3, 0.4) is 0 Å². The van der Waals surface area contributed by atoms with Crippen LogP contribution in [0.1, 0.15) is 11.7 Å². The van der Waals surface area contributed by atoms with Gasteiger partial charge in [0.05, 0.1) is 32.0 Å². The number of benzene rings is 2. The van der Waals surface area contributed by atoms with Crippen LogP contribution in [0.15, 0.2) is 54.6 Å². The summed E-state index contributed by atoms with van der Waals surface area (Å²) >= 11 is 0. The summed E-state index contributed by atoms with van der Waals surface area (Å²) in [6.07, 6.45) is 0.180. The molecule has 0 N–H and O–H groups in total. The molecular formula is C19H21NO2. The summed E-state index contributed by atoms with van der Waals surface area (Å²) in [7, 11) is 0. The molecule has 4 rings (SSSR count). The maximum Gasteiger partial charge on any atom is 0.0952 e. The monoisotopic (exact) mass is 295 g/mol. The minimum absolute atomic E-state index is 0.180. The molecule has 0 amide bonds. The minimum atomic E-state index is 0.180. The smallest absolute Gasteiger partial charge is 0.0952 e. The molecule has 114 valence electrons. The molecule has 3 heteroatoms. The van der Waals surface area contributed by atoms with Crippen LogP contribution in [-0.2, 0) is 9.47 Å². The van der Waals surface area contributed by atoms with Gasteiger partial charge >= 0.3 is 0 Å². The molecule has 2 heterocycles. The molecular weight excluding hydrogens is 274 g/mol. The lowest BCUT2D eigenvalue weighted by Crippen LogP contribution is -2.53. The van der Waals surface area contributed by atoms with E-state index >= 15 is 0 Å². The number of nitrogens with zero attached hydrogens (tertiary/aromatic N) is 1. The lowest BCUT2D eigenvalue weighted by Gasteiger charge is -2.42. The third kappa shape index (κ3) is 2.80. The molecule has 0 aromatic heterocycles. The number of hydrogen-bond acceptors (Lipinski definition) is 3. The summed E-state index contributed by atoms with van der Waals surface area (Å²) in [5.41, 5.74) is 3.78. The number of rotatable bonds is 2. The quantitative estimate of drug-likeness (QED) is 0.849. The van der Waals surface area contributed by atoms with E-state index in [0.29, 0.717) is 6.04 Å². The Kier molecular flexibility index (Phi) is 3.94. The number of ether oxygens (including phenoxy) is 2. The Morgan fingerprint density at radius 1 is 0.864 bits per heavy atom. The van der Waals surface area contributed by atoms with Crippen molar-refractivity contribution in [3.05, 3.63) is 60.2 Å². The Bertz CT molecular complexity index is 611. The first-order valence-electron chi connectivity index (χ1n) is 7.99. The van der Waals surface area contributed by atoms with Gasteiger partial charge in [-0.15, -0.1) is 0 Å². The van der Waals surface area contributed by atoms with Gasteiger partial charge in [0.1, 0.15) is 0 Å². The average Bonchev–Trinajstić information content (AvgIpc) is 2.62. The van der Waals surface area contributed by atoms with E-state index in [1.807, 2.05) is 6.07 Å². The van der Waals surface area contributed by atoms with Crippen molar-refractivity contribution in [2.75, 3.05) is 32.9 Å². The van der Waals surface area contributed by atoms with Crippen molar-refractivity contribution in [1.82, 2.24) is 4.90 Å². The van der Waals surface area contributed by atoms with Crippen molar-refractivity contribution in [1.29, 1.82) is 0 Å². The van der Waals surface area contributed by atoms with Gasteiger partial charge < -0.3 is 9.47 Å². The molecule has 2 aliphatic heterocycles. The molecule has 0 spiro atoms. The van der Waals surface area contributed by atoms with Crippen molar-refractivity contribution in [3.63, 3.8) is 0 Å². The first kappa shape index (κ1) is 13.9. The topological polar surface area (TPSA) is 21.7 Å². The number of morpholine rings is 2. The molecule has 2 aromatic carbocycles. The molecule has 22 heavy (non-hydrogen) atoms. The van der Waals surface area contributed by atoms with Crippen LogP contribution in [0.25, 0.3) is 11.1 Å². The van der Waals surface area contributed by atoms with Crippen molar-refractivity contribution in [2.24, 2.45) is 0 Å². The highest BCUT2D eigenvalue weighted by atomic mass is 16.5. The van der Waals surface area contributed by atoms with E-state index in [9.17, 15) is 0 Å². The predicted octanol–water partition coefficient (Wildman–Crippen LogP) is 3.13. The van der Waals surface area contributed by atoms with Gasteiger partial charge in [0.25, 0.3) is 0 Å². The summed E-state index contributed by atoms with van der Waals surface area (Å²) in [6.45, 7) is 4.41. The minimum Gasteiger partial charge on any atom is -0.378 e. The van der Waals surface area contributed by atoms with Crippen LogP contribution < -0.4 is 0 Å². The van der Waals surface area contributed by atoms with E-state index in [-0.39, 0.29) is 6.10 Å². The second-order valence-corrected chi connectivity index (χ2v) is 6.03. The fourth-order valence-corrected chi connectivity index (χ4v) is 3.30. The van der Waals surface area contributed by atoms with E-state index in [0.717, 1.165) is 32.9 Å². The van der Waals surface area contributed by atoms with Gasteiger partial charge in [-0.25, -0.2) is 0 Å². The first-order chi connectivity index (χ1) is 10.9. The van der Waals surface area contributed by atoms with Gasteiger partial charge in [-0.05, 0) is 16.7 Å². The zero-order chi connectivity index (χ0) is 14.8. The standard InChI is InChI=1S/C19H21NO2/c1-2-4-15(5-3-1)16-6-8-17(9-7-16)19-12-20-10-11-21-13-18(20)14-22-19/h1-9,18-19H,10-14H2/t18?,19-/m1/s1. The zero-order valence-corrected chi connectivity index (χ0v) is 12.7. The predicted molar refractivity (Wildman–Crippen MR) is 86.8 cm³/mol. The molecule has 3 nitrogen and oxygen atoms in total. The summed E-state index contributed by atoms with van der Waals surface area (Å²) in [4.78, 5) is 2.50. The molecule has 2 saturated heterocycles. The van der Waals surface area contributed by atoms with Gasteiger partial charge in [0.15, 0.2) is 0 Å². The third-order valence-electron chi connectivity index (χ3n) is 4.63. The van der Waals surface area contributed by atoms with Crippen LogP contribution in [0.2, 0.25) is 0 Å². The van der Waals surface area contributed by atoms with E-state index in [1.54, 1.807) is 0 Å². The number of hydrogen-bond donors (Lipinski definition) is 0. The Morgan fingerprint density at radius 2 is 1.64 bits per heavy atom. The summed E-state index contributed by atoms with van der Waals surface area (Å²) in [6, 6.07) is 19.7. The highest BCUT2D eigenvalue weighted by molar-refractivity contribution is 5.63. The second kappa shape index (κ2) is 6.21. The maximum absolute atomic E-state index is 6.06. The maximum atomic E-state index is 6.06. The van der Waals surface area contributed by atoms with Crippen LogP contribution in [0.5, 0.6) is 0 Å². The SMILES string of the molecule is c1ccc(-c2ccc([C@H]3CN4CCOCC4CO3)cc2)cc1. The fourth-order valence-electron chi connectivity index (χ4n) is 3.30. The summed E-state index contributed by atoms with van der Waals surface area (Å²) in [5.74, 6) is 0. The van der Waals surface area contributed by atoms with Crippen molar-refractivity contribution >= 4 is 0 Å². The number of fused-ring (bicyclic) bond motifs is 1. The van der Waals surface area contributed by atoms with Crippen LogP contribution in [-0.4, -0.2) is 43.9 Å². The van der Waals surface area contributed by atoms with Gasteiger partial charge in [0.2, 0.25) is 0 Å². The first-order valence-corrected chi connectivity index (χ1v) is 7.99. The van der Waals surface area contributed by atoms with Crippen molar-refractivity contribution in [2.45, 2.75) is 12.1 Å². The zero-order valence-electron chi connectivity index (χ0n) is 12.7. The van der Waals surface area contributed by atoms with Crippen LogP contribution in [0.4, 0.5) is 0 Å². The Labute approximate surface area is 131 Å². The Morgan fingerprint density at radius 3 is 2.45 bits per heavy atom. The molecule has 2 atom stereocenters. The molecule has 0 aliphatic carbocycles. The lowest BCUT2D eigenvalue weighted by atomic mass is 10.0. The van der Waals surface area contributed by atoms with E-state index in [1.165, 1.54) is 16.7 Å². The molecule has 2 aromatic rings. The molecule has 0 bridgehead atoms. The van der Waals surface area contributed by atoms with E-state index < -0.39 is 0 Å². The summed E-state index contributed by atoms with van der Waals surface area (Å²) < 4.78 is 11.6. The third-order valence-corrected chi connectivity index (χ3v) is 4.63. The molecule has 2 aliphatic rings.